The quantitative estimate of drug-likeness (QED) is 0.356. The Hall–Kier alpha value is -2.94. The van der Waals surface area contributed by atoms with E-state index < -0.39 is 0 Å². The molecule has 0 bridgehead atoms. The number of para-hydroxylation sites is 3. The molecule has 3 nitrogen and oxygen atoms in total. The number of aryl methyl sites for hydroxylation is 1. The number of aromatic hydroxyl groups is 1. The van der Waals surface area contributed by atoms with Crippen molar-refractivity contribution in [2.24, 2.45) is 0 Å². The molecule has 3 heteroatoms. The van der Waals surface area contributed by atoms with Gasteiger partial charge >= 0.3 is 0 Å². The number of benzene rings is 3. The van der Waals surface area contributed by atoms with Crippen LogP contribution in [0, 0.1) is 0 Å². The second-order valence-electron chi connectivity index (χ2n) is 6.52. The van der Waals surface area contributed by atoms with Crippen LogP contribution in [0.1, 0.15) is 31.2 Å². The first-order chi connectivity index (χ1) is 13.3. The molecule has 3 rings (SSSR count). The lowest BCUT2D eigenvalue weighted by Gasteiger charge is -2.20. The van der Waals surface area contributed by atoms with Gasteiger partial charge in [0, 0.05) is 6.42 Å². The molecule has 0 atom stereocenters. The lowest BCUT2D eigenvalue weighted by atomic mass is 10.1. The van der Waals surface area contributed by atoms with Gasteiger partial charge in [-0.05, 0) is 55.2 Å². The first-order valence-corrected chi connectivity index (χ1v) is 9.51. The zero-order chi connectivity index (χ0) is 18.7. The predicted molar refractivity (Wildman–Crippen MR) is 108 cm³/mol. The van der Waals surface area contributed by atoms with Crippen LogP contribution in [0.25, 0.3) is 0 Å². The Morgan fingerprint density at radius 3 is 1.78 bits per heavy atom. The molecule has 0 amide bonds. The van der Waals surface area contributed by atoms with Crippen LogP contribution in [-0.4, -0.2) is 11.4 Å². The molecule has 27 heavy (non-hydrogen) atoms. The number of phenolic OH excluding ortho intramolecular Hbond substituents is 1. The summed E-state index contributed by atoms with van der Waals surface area (Å²) in [5.74, 6) is 2.01. The minimum atomic E-state index is -0.320. The summed E-state index contributed by atoms with van der Waals surface area (Å²) in [7, 11) is 0. The van der Waals surface area contributed by atoms with Crippen molar-refractivity contribution in [1.29, 1.82) is 0 Å². The summed E-state index contributed by atoms with van der Waals surface area (Å²) >= 11 is 0. The van der Waals surface area contributed by atoms with Crippen molar-refractivity contribution in [3.63, 3.8) is 0 Å². The van der Waals surface area contributed by atoms with Gasteiger partial charge in [-0.15, -0.1) is 0 Å². The summed E-state index contributed by atoms with van der Waals surface area (Å²) in [5.41, 5.74) is 1.01. The molecule has 0 spiro atoms. The summed E-state index contributed by atoms with van der Waals surface area (Å²) in [6, 6.07) is 27.1. The van der Waals surface area contributed by atoms with Gasteiger partial charge in [0.2, 0.25) is 6.29 Å². The minimum absolute atomic E-state index is 0.320. The van der Waals surface area contributed by atoms with Crippen LogP contribution in [0.2, 0.25) is 0 Å². The van der Waals surface area contributed by atoms with Gasteiger partial charge in [0.1, 0.15) is 17.2 Å². The highest BCUT2D eigenvalue weighted by atomic mass is 16.7. The van der Waals surface area contributed by atoms with Crippen molar-refractivity contribution in [3.05, 3.63) is 90.5 Å². The van der Waals surface area contributed by atoms with Crippen molar-refractivity contribution in [3.8, 4) is 17.2 Å². The zero-order valence-electron chi connectivity index (χ0n) is 15.5. The second-order valence-corrected chi connectivity index (χ2v) is 6.52. The van der Waals surface area contributed by atoms with Gasteiger partial charge in [0.05, 0.1) is 0 Å². The van der Waals surface area contributed by atoms with Gasteiger partial charge in [-0.25, -0.2) is 0 Å². The fourth-order valence-corrected chi connectivity index (χ4v) is 2.97. The summed E-state index contributed by atoms with van der Waals surface area (Å²) in [5, 5.41) is 9.84. The average molecular weight is 362 g/mol. The van der Waals surface area contributed by atoms with Crippen LogP contribution in [0.15, 0.2) is 84.9 Å². The topological polar surface area (TPSA) is 38.7 Å². The number of rotatable bonds is 10. The molecule has 3 aromatic carbocycles. The Morgan fingerprint density at radius 1 is 0.630 bits per heavy atom. The highest BCUT2D eigenvalue weighted by molar-refractivity contribution is 5.31. The molecule has 0 saturated heterocycles. The first kappa shape index (κ1) is 18.8. The highest BCUT2D eigenvalue weighted by Gasteiger charge is 2.12. The molecule has 0 radical (unpaired) electrons. The summed E-state index contributed by atoms with van der Waals surface area (Å²) in [6.07, 6.45) is 4.46. The second kappa shape index (κ2) is 10.3. The Bertz CT molecular complexity index is 745. The maximum absolute atomic E-state index is 9.84. The average Bonchev–Trinajstić information content (AvgIpc) is 2.70. The van der Waals surface area contributed by atoms with E-state index in [-0.39, 0.29) is 6.29 Å². The van der Waals surface area contributed by atoms with E-state index in [1.165, 1.54) is 0 Å². The molecule has 0 aliphatic rings. The van der Waals surface area contributed by atoms with Crippen molar-refractivity contribution in [2.45, 2.75) is 38.4 Å². The Labute approximate surface area is 161 Å². The van der Waals surface area contributed by atoms with E-state index in [0.717, 1.165) is 49.2 Å². The molecule has 0 aliphatic carbocycles. The molecule has 0 aromatic heterocycles. The van der Waals surface area contributed by atoms with Crippen LogP contribution in [-0.2, 0) is 6.42 Å². The van der Waals surface area contributed by atoms with Crippen molar-refractivity contribution in [1.82, 2.24) is 0 Å². The standard InChI is InChI=1S/C24H26O3/c25-23-18-11-10-13-20(23)12-4-1-9-19-24(26-21-14-5-2-6-15-21)27-22-16-7-3-8-17-22/h2-3,5-8,10-11,13-18,24-25H,1,4,9,12,19H2. The van der Waals surface area contributed by atoms with Crippen LogP contribution < -0.4 is 9.47 Å². The first-order valence-electron chi connectivity index (χ1n) is 9.51. The molecule has 0 aliphatic heterocycles. The summed E-state index contributed by atoms with van der Waals surface area (Å²) in [6.45, 7) is 0. The van der Waals surface area contributed by atoms with Gasteiger partial charge < -0.3 is 14.6 Å². The van der Waals surface area contributed by atoms with Crippen molar-refractivity contribution >= 4 is 0 Å². The molecule has 3 aromatic rings. The predicted octanol–water partition coefficient (Wildman–Crippen LogP) is 5.98. The molecule has 0 fully saturated rings. The summed E-state index contributed by atoms with van der Waals surface area (Å²) < 4.78 is 12.1. The molecular weight excluding hydrogens is 336 g/mol. The van der Waals surface area contributed by atoms with Crippen molar-refractivity contribution in [2.75, 3.05) is 0 Å². The van der Waals surface area contributed by atoms with Gasteiger partial charge in [-0.2, -0.15) is 0 Å². The fourth-order valence-electron chi connectivity index (χ4n) is 2.97. The maximum Gasteiger partial charge on any atom is 0.241 e. The van der Waals surface area contributed by atoms with Gasteiger partial charge in [0.15, 0.2) is 0 Å². The maximum atomic E-state index is 9.84. The summed E-state index contributed by atoms with van der Waals surface area (Å²) in [4.78, 5) is 0. The lowest BCUT2D eigenvalue weighted by molar-refractivity contribution is -0.00242. The molecular formula is C24H26O3. The number of phenols is 1. The van der Waals surface area contributed by atoms with E-state index in [4.69, 9.17) is 9.47 Å². The Balaban J connectivity index is 1.49. The number of unbranched alkanes of at least 4 members (excludes halogenated alkanes) is 2. The van der Waals surface area contributed by atoms with E-state index >= 15 is 0 Å². The molecule has 0 heterocycles. The highest BCUT2D eigenvalue weighted by Crippen LogP contribution is 2.21. The SMILES string of the molecule is Oc1ccccc1CCCCCC(Oc1ccccc1)Oc1ccccc1. The third kappa shape index (κ3) is 6.37. The monoisotopic (exact) mass is 362 g/mol. The van der Waals surface area contributed by atoms with Gasteiger partial charge in [0.25, 0.3) is 0 Å². The Morgan fingerprint density at radius 2 is 1.19 bits per heavy atom. The van der Waals surface area contributed by atoms with Gasteiger partial charge in [-0.3, -0.25) is 0 Å². The van der Waals surface area contributed by atoms with Crippen LogP contribution >= 0.6 is 0 Å². The third-order valence-electron chi connectivity index (χ3n) is 4.40. The zero-order valence-corrected chi connectivity index (χ0v) is 15.5. The number of hydrogen-bond donors (Lipinski definition) is 1. The van der Waals surface area contributed by atoms with Gasteiger partial charge in [-0.1, -0.05) is 61.0 Å². The molecule has 0 saturated carbocycles. The Kier molecular flexibility index (Phi) is 7.16. The molecule has 140 valence electrons. The van der Waals surface area contributed by atoms with E-state index in [2.05, 4.69) is 0 Å². The van der Waals surface area contributed by atoms with E-state index in [0.29, 0.717) is 5.75 Å². The number of ether oxygens (including phenoxy) is 2. The fraction of sp³-hybridized carbons (Fsp3) is 0.250. The van der Waals surface area contributed by atoms with E-state index in [1.807, 2.05) is 78.9 Å². The molecule has 1 N–H and O–H groups in total. The van der Waals surface area contributed by atoms with Crippen molar-refractivity contribution < 1.29 is 14.6 Å². The normalized spacial score (nSPS) is 10.7. The largest absolute Gasteiger partial charge is 0.508 e. The third-order valence-corrected chi connectivity index (χ3v) is 4.40. The van der Waals surface area contributed by atoms with Crippen LogP contribution in [0.4, 0.5) is 0 Å². The van der Waals surface area contributed by atoms with Crippen LogP contribution in [0.3, 0.4) is 0 Å². The minimum Gasteiger partial charge on any atom is -0.508 e. The lowest BCUT2D eigenvalue weighted by Crippen LogP contribution is -2.24. The smallest absolute Gasteiger partial charge is 0.241 e. The number of hydrogen-bond acceptors (Lipinski definition) is 3. The van der Waals surface area contributed by atoms with E-state index in [9.17, 15) is 5.11 Å². The molecule has 0 unspecified atom stereocenters. The van der Waals surface area contributed by atoms with Crippen LogP contribution in [0.5, 0.6) is 17.2 Å². The van der Waals surface area contributed by atoms with E-state index in [1.54, 1.807) is 6.07 Å².